The number of fused-ring (bicyclic) bond motifs is 1. The van der Waals surface area contributed by atoms with Gasteiger partial charge in [-0.05, 0) is 31.5 Å². The summed E-state index contributed by atoms with van der Waals surface area (Å²) in [6.45, 7) is 4.01. The Hall–Kier alpha value is -2.76. The van der Waals surface area contributed by atoms with Crippen molar-refractivity contribution in [1.29, 1.82) is 0 Å². The summed E-state index contributed by atoms with van der Waals surface area (Å²) in [5.41, 5.74) is 2.89. The molecule has 106 valence electrons. The van der Waals surface area contributed by atoms with Crippen LogP contribution in [-0.2, 0) is 6.61 Å². The molecule has 0 amide bonds. The molecule has 6 heteroatoms. The zero-order valence-corrected chi connectivity index (χ0v) is 11.8. The predicted molar refractivity (Wildman–Crippen MR) is 77.3 cm³/mol. The van der Waals surface area contributed by atoms with E-state index in [1.54, 1.807) is 18.3 Å². The van der Waals surface area contributed by atoms with Gasteiger partial charge in [0.25, 0.3) is 5.56 Å². The molecule has 0 spiro atoms. The topological polar surface area (TPSA) is 69.4 Å². The lowest BCUT2D eigenvalue weighted by atomic mass is 10.2. The molecular formula is C15H14N4O2. The number of aryl methyl sites for hydroxylation is 2. The molecule has 0 radical (unpaired) electrons. The van der Waals surface area contributed by atoms with Crippen molar-refractivity contribution in [2.75, 3.05) is 0 Å². The molecule has 3 aromatic heterocycles. The second-order valence-corrected chi connectivity index (χ2v) is 4.75. The molecule has 0 aliphatic rings. The highest BCUT2D eigenvalue weighted by molar-refractivity contribution is 5.38. The zero-order valence-electron chi connectivity index (χ0n) is 11.8. The summed E-state index contributed by atoms with van der Waals surface area (Å²) >= 11 is 0. The Bertz CT molecular complexity index is 858. The zero-order chi connectivity index (χ0) is 14.8. The van der Waals surface area contributed by atoms with Gasteiger partial charge in [0, 0.05) is 18.3 Å². The monoisotopic (exact) mass is 282 g/mol. The summed E-state index contributed by atoms with van der Waals surface area (Å²) in [6, 6.07) is 8.68. The van der Waals surface area contributed by atoms with Gasteiger partial charge in [0.15, 0.2) is 0 Å². The van der Waals surface area contributed by atoms with Crippen LogP contribution in [0.4, 0.5) is 0 Å². The summed E-state index contributed by atoms with van der Waals surface area (Å²) in [5, 5.41) is 7.95. The van der Waals surface area contributed by atoms with Gasteiger partial charge in [-0.25, -0.2) is 4.98 Å². The Morgan fingerprint density at radius 2 is 2.05 bits per heavy atom. The first kappa shape index (κ1) is 13.2. The van der Waals surface area contributed by atoms with Crippen LogP contribution in [0.15, 0.2) is 41.3 Å². The SMILES string of the molecule is Cc1cc(OCc2cc(=O)n3ccccc3n2)nnc1C. The van der Waals surface area contributed by atoms with E-state index in [-0.39, 0.29) is 12.2 Å². The van der Waals surface area contributed by atoms with Gasteiger partial charge in [0.2, 0.25) is 5.88 Å². The number of pyridine rings is 1. The van der Waals surface area contributed by atoms with Gasteiger partial charge in [-0.1, -0.05) is 6.07 Å². The number of ether oxygens (including phenoxy) is 1. The molecule has 0 fully saturated rings. The van der Waals surface area contributed by atoms with Gasteiger partial charge in [0.05, 0.1) is 11.4 Å². The summed E-state index contributed by atoms with van der Waals surface area (Å²) < 4.78 is 7.03. The number of nitrogens with zero attached hydrogens (tertiary/aromatic N) is 4. The molecule has 0 aromatic carbocycles. The van der Waals surface area contributed by atoms with Crippen molar-refractivity contribution in [2.45, 2.75) is 20.5 Å². The van der Waals surface area contributed by atoms with Crippen LogP contribution in [0, 0.1) is 13.8 Å². The van der Waals surface area contributed by atoms with Crippen molar-refractivity contribution in [3.05, 3.63) is 63.8 Å². The maximum atomic E-state index is 11.9. The molecule has 3 rings (SSSR count). The minimum absolute atomic E-state index is 0.134. The lowest BCUT2D eigenvalue weighted by Crippen LogP contribution is -2.16. The fraction of sp³-hybridized carbons (Fsp3) is 0.200. The van der Waals surface area contributed by atoms with Gasteiger partial charge in [-0.2, -0.15) is 5.10 Å². The number of rotatable bonds is 3. The van der Waals surface area contributed by atoms with Crippen LogP contribution in [0.1, 0.15) is 17.0 Å². The van der Waals surface area contributed by atoms with Gasteiger partial charge < -0.3 is 4.74 Å². The lowest BCUT2D eigenvalue weighted by Gasteiger charge is -2.07. The average molecular weight is 282 g/mol. The van der Waals surface area contributed by atoms with E-state index in [0.717, 1.165) is 11.3 Å². The molecule has 0 saturated heterocycles. The van der Waals surface area contributed by atoms with Crippen molar-refractivity contribution >= 4 is 5.65 Å². The highest BCUT2D eigenvalue weighted by Gasteiger charge is 2.05. The summed E-state index contributed by atoms with van der Waals surface area (Å²) in [4.78, 5) is 16.3. The first-order valence-corrected chi connectivity index (χ1v) is 6.54. The molecule has 0 aliphatic carbocycles. The second kappa shape index (κ2) is 5.32. The van der Waals surface area contributed by atoms with E-state index >= 15 is 0 Å². The van der Waals surface area contributed by atoms with E-state index in [1.165, 1.54) is 10.5 Å². The Morgan fingerprint density at radius 1 is 1.19 bits per heavy atom. The van der Waals surface area contributed by atoms with Crippen molar-refractivity contribution in [3.63, 3.8) is 0 Å². The third kappa shape index (κ3) is 2.74. The molecule has 0 bridgehead atoms. The molecule has 0 aliphatic heterocycles. The Labute approximate surface area is 121 Å². The van der Waals surface area contributed by atoms with Crippen LogP contribution < -0.4 is 10.3 Å². The molecule has 3 aromatic rings. The first-order valence-electron chi connectivity index (χ1n) is 6.54. The molecule has 0 atom stereocenters. The summed E-state index contributed by atoms with van der Waals surface area (Å²) in [6.07, 6.45) is 1.68. The highest BCUT2D eigenvalue weighted by Crippen LogP contribution is 2.11. The van der Waals surface area contributed by atoms with E-state index in [9.17, 15) is 4.79 Å². The smallest absolute Gasteiger partial charge is 0.258 e. The minimum Gasteiger partial charge on any atom is -0.470 e. The van der Waals surface area contributed by atoms with E-state index < -0.39 is 0 Å². The van der Waals surface area contributed by atoms with E-state index in [0.29, 0.717) is 17.2 Å². The maximum Gasteiger partial charge on any atom is 0.258 e. The molecule has 0 saturated carbocycles. The van der Waals surface area contributed by atoms with Crippen molar-refractivity contribution in [3.8, 4) is 5.88 Å². The van der Waals surface area contributed by atoms with Crippen LogP contribution in [-0.4, -0.2) is 19.6 Å². The van der Waals surface area contributed by atoms with Gasteiger partial charge in [-0.3, -0.25) is 9.20 Å². The Morgan fingerprint density at radius 3 is 2.86 bits per heavy atom. The standard InChI is InChI=1S/C15H14N4O2/c1-10-7-14(18-17-11(10)2)21-9-12-8-15(20)19-6-4-3-5-13(19)16-12/h3-8H,9H2,1-2H3. The van der Waals surface area contributed by atoms with E-state index in [4.69, 9.17) is 4.74 Å². The van der Waals surface area contributed by atoms with Crippen molar-refractivity contribution < 1.29 is 4.74 Å². The Balaban J connectivity index is 1.85. The number of aromatic nitrogens is 4. The van der Waals surface area contributed by atoms with Crippen molar-refractivity contribution in [2.24, 2.45) is 0 Å². The molecule has 0 N–H and O–H groups in total. The van der Waals surface area contributed by atoms with Crippen molar-refractivity contribution in [1.82, 2.24) is 19.6 Å². The fourth-order valence-corrected chi connectivity index (χ4v) is 1.92. The highest BCUT2D eigenvalue weighted by atomic mass is 16.5. The van der Waals surface area contributed by atoms with Crippen LogP contribution in [0.3, 0.4) is 0 Å². The molecule has 3 heterocycles. The quantitative estimate of drug-likeness (QED) is 0.731. The van der Waals surface area contributed by atoms with E-state index in [1.807, 2.05) is 26.0 Å². The number of hydrogen-bond donors (Lipinski definition) is 0. The fourth-order valence-electron chi connectivity index (χ4n) is 1.92. The van der Waals surface area contributed by atoms with Crippen LogP contribution in [0.2, 0.25) is 0 Å². The second-order valence-electron chi connectivity index (χ2n) is 4.75. The molecule has 0 unspecified atom stereocenters. The molecule has 6 nitrogen and oxygen atoms in total. The average Bonchev–Trinajstić information content (AvgIpc) is 2.49. The third-order valence-corrected chi connectivity index (χ3v) is 3.20. The molecule has 21 heavy (non-hydrogen) atoms. The lowest BCUT2D eigenvalue weighted by molar-refractivity contribution is 0.285. The van der Waals surface area contributed by atoms with E-state index in [2.05, 4.69) is 15.2 Å². The first-order chi connectivity index (χ1) is 10.1. The summed E-state index contributed by atoms with van der Waals surface area (Å²) in [7, 11) is 0. The predicted octanol–water partition coefficient (Wildman–Crippen LogP) is 1.68. The normalized spacial score (nSPS) is 10.8. The van der Waals surface area contributed by atoms with Gasteiger partial charge in [0.1, 0.15) is 12.3 Å². The van der Waals surface area contributed by atoms with Gasteiger partial charge in [-0.15, -0.1) is 5.10 Å². The minimum atomic E-state index is -0.134. The largest absolute Gasteiger partial charge is 0.470 e. The van der Waals surface area contributed by atoms with Crippen LogP contribution >= 0.6 is 0 Å². The summed E-state index contributed by atoms with van der Waals surface area (Å²) in [5.74, 6) is 0.424. The molecular weight excluding hydrogens is 268 g/mol. The van der Waals surface area contributed by atoms with Crippen LogP contribution in [0.25, 0.3) is 5.65 Å². The third-order valence-electron chi connectivity index (χ3n) is 3.20. The van der Waals surface area contributed by atoms with Gasteiger partial charge >= 0.3 is 0 Å². The maximum absolute atomic E-state index is 11.9. The number of hydrogen-bond acceptors (Lipinski definition) is 5. The van der Waals surface area contributed by atoms with Crippen LogP contribution in [0.5, 0.6) is 5.88 Å². The Kier molecular flexibility index (Phi) is 3.35.